The van der Waals surface area contributed by atoms with Crippen molar-refractivity contribution in [2.45, 2.75) is 63.5 Å². The number of aromatic amines is 1. The van der Waals surface area contributed by atoms with Crippen LogP contribution in [0.2, 0.25) is 0 Å². The second-order valence-corrected chi connectivity index (χ2v) is 7.97. The van der Waals surface area contributed by atoms with E-state index >= 15 is 0 Å². The van der Waals surface area contributed by atoms with Crippen LogP contribution in [0.5, 0.6) is 0 Å². The summed E-state index contributed by atoms with van der Waals surface area (Å²) in [6.45, 7) is 0.791. The van der Waals surface area contributed by atoms with Crippen molar-refractivity contribution in [2.24, 2.45) is 0 Å². The molecule has 3 heterocycles. The fourth-order valence-electron chi connectivity index (χ4n) is 4.85. The van der Waals surface area contributed by atoms with Crippen LogP contribution < -0.4 is 0 Å². The Morgan fingerprint density at radius 3 is 2.93 bits per heavy atom. The van der Waals surface area contributed by atoms with Crippen molar-refractivity contribution in [1.29, 1.82) is 0 Å². The smallest absolute Gasteiger partial charge is 0.222 e. The topological polar surface area (TPSA) is 56.4 Å². The van der Waals surface area contributed by atoms with Crippen LogP contribution in [0.15, 0.2) is 30.5 Å². The lowest BCUT2D eigenvalue weighted by Crippen LogP contribution is -2.48. The molecule has 1 aromatic carbocycles. The van der Waals surface area contributed by atoms with E-state index in [1.54, 1.807) is 0 Å². The van der Waals surface area contributed by atoms with E-state index in [1.165, 1.54) is 10.9 Å². The molecular weight excluding hydrogens is 338 g/mol. The van der Waals surface area contributed by atoms with Crippen molar-refractivity contribution in [2.75, 3.05) is 13.6 Å². The zero-order valence-electron chi connectivity index (χ0n) is 16.1. The van der Waals surface area contributed by atoms with Gasteiger partial charge in [0, 0.05) is 43.5 Å². The summed E-state index contributed by atoms with van der Waals surface area (Å²) >= 11 is 0. The Labute approximate surface area is 160 Å². The standard InChI is InChI=1S/C22H29N3O2/c1-24-19-13-14-25(20(19)10-4-5-11-21(24)26)22(27)12-6-7-16-15-23-18-9-3-2-8-17(16)18/h2-3,8-9,15,19-20,23H,4-7,10-14H2,1H3/t19-,20+/m0/s1. The third kappa shape index (κ3) is 3.60. The summed E-state index contributed by atoms with van der Waals surface area (Å²) < 4.78 is 0. The molecule has 5 heteroatoms. The monoisotopic (exact) mass is 367 g/mol. The molecular formula is C22H29N3O2. The molecule has 2 aliphatic heterocycles. The Morgan fingerprint density at radius 2 is 2.04 bits per heavy atom. The number of carbonyl (C=O) groups is 2. The third-order valence-electron chi connectivity index (χ3n) is 6.37. The van der Waals surface area contributed by atoms with Gasteiger partial charge in [-0.2, -0.15) is 0 Å². The summed E-state index contributed by atoms with van der Waals surface area (Å²) in [7, 11) is 1.91. The maximum atomic E-state index is 12.9. The highest BCUT2D eigenvalue weighted by atomic mass is 16.2. The van der Waals surface area contributed by atoms with Gasteiger partial charge in [0.2, 0.25) is 11.8 Å². The van der Waals surface area contributed by atoms with Gasteiger partial charge >= 0.3 is 0 Å². The first-order valence-corrected chi connectivity index (χ1v) is 10.3. The zero-order valence-corrected chi connectivity index (χ0v) is 16.1. The van der Waals surface area contributed by atoms with Crippen molar-refractivity contribution in [3.05, 3.63) is 36.0 Å². The number of likely N-dealkylation sites (tertiary alicyclic amines) is 2. The van der Waals surface area contributed by atoms with Gasteiger partial charge < -0.3 is 14.8 Å². The Hall–Kier alpha value is -2.30. The number of nitrogens with one attached hydrogen (secondary N) is 1. The van der Waals surface area contributed by atoms with Crippen LogP contribution in [-0.2, 0) is 16.0 Å². The van der Waals surface area contributed by atoms with Gasteiger partial charge in [-0.05, 0) is 43.7 Å². The number of H-pyrrole nitrogens is 1. The van der Waals surface area contributed by atoms with Crippen LogP contribution in [0.3, 0.4) is 0 Å². The van der Waals surface area contributed by atoms with Gasteiger partial charge in [0.05, 0.1) is 12.1 Å². The van der Waals surface area contributed by atoms with Crippen LogP contribution in [0, 0.1) is 0 Å². The normalized spacial score (nSPS) is 23.4. The van der Waals surface area contributed by atoms with E-state index in [9.17, 15) is 9.59 Å². The number of aromatic nitrogens is 1. The number of benzene rings is 1. The summed E-state index contributed by atoms with van der Waals surface area (Å²) in [4.78, 5) is 32.4. The van der Waals surface area contributed by atoms with Crippen molar-refractivity contribution < 1.29 is 9.59 Å². The first-order valence-electron chi connectivity index (χ1n) is 10.3. The predicted molar refractivity (Wildman–Crippen MR) is 106 cm³/mol. The maximum Gasteiger partial charge on any atom is 0.222 e. The number of amides is 2. The lowest BCUT2D eigenvalue weighted by atomic mass is 9.97. The number of aryl methyl sites for hydroxylation is 1. The molecule has 0 bridgehead atoms. The summed E-state index contributed by atoms with van der Waals surface area (Å²) in [6, 6.07) is 8.72. The minimum absolute atomic E-state index is 0.204. The number of para-hydroxylation sites is 1. The number of rotatable bonds is 4. The third-order valence-corrected chi connectivity index (χ3v) is 6.37. The van der Waals surface area contributed by atoms with E-state index in [2.05, 4.69) is 34.3 Å². The van der Waals surface area contributed by atoms with E-state index in [-0.39, 0.29) is 23.9 Å². The van der Waals surface area contributed by atoms with Crippen molar-refractivity contribution >= 4 is 22.7 Å². The summed E-state index contributed by atoms with van der Waals surface area (Å²) in [5.74, 6) is 0.488. The highest BCUT2D eigenvalue weighted by molar-refractivity contribution is 5.83. The molecule has 2 aromatic rings. The minimum Gasteiger partial charge on any atom is -0.361 e. The van der Waals surface area contributed by atoms with Crippen LogP contribution in [0.4, 0.5) is 0 Å². The molecule has 1 N–H and O–H groups in total. The van der Waals surface area contributed by atoms with Gasteiger partial charge in [0.25, 0.3) is 0 Å². The number of hydrogen-bond donors (Lipinski definition) is 1. The molecule has 2 fully saturated rings. The summed E-state index contributed by atoms with van der Waals surface area (Å²) in [5.41, 5.74) is 2.44. The lowest BCUT2D eigenvalue weighted by molar-refractivity contribution is -0.137. The second kappa shape index (κ2) is 7.75. The number of hydrogen-bond acceptors (Lipinski definition) is 2. The van der Waals surface area contributed by atoms with Gasteiger partial charge in [-0.15, -0.1) is 0 Å². The van der Waals surface area contributed by atoms with Crippen LogP contribution in [0.25, 0.3) is 10.9 Å². The van der Waals surface area contributed by atoms with Gasteiger partial charge in [-0.1, -0.05) is 24.6 Å². The molecule has 0 aliphatic carbocycles. The highest BCUT2D eigenvalue weighted by Gasteiger charge is 2.40. The molecule has 0 spiro atoms. The van der Waals surface area contributed by atoms with Crippen molar-refractivity contribution in [3.8, 4) is 0 Å². The molecule has 0 unspecified atom stereocenters. The van der Waals surface area contributed by atoms with Gasteiger partial charge in [-0.3, -0.25) is 9.59 Å². The number of nitrogens with zero attached hydrogens (tertiary/aromatic N) is 2. The molecule has 2 saturated heterocycles. The Balaban J connectivity index is 1.36. The number of fused-ring (bicyclic) bond motifs is 2. The average Bonchev–Trinajstić information content (AvgIpc) is 3.27. The summed E-state index contributed by atoms with van der Waals surface area (Å²) in [6.07, 6.45) is 9.00. The molecule has 0 saturated carbocycles. The van der Waals surface area contributed by atoms with E-state index in [1.807, 2.05) is 18.0 Å². The fourth-order valence-corrected chi connectivity index (χ4v) is 4.85. The quantitative estimate of drug-likeness (QED) is 0.899. The first kappa shape index (κ1) is 18.1. The molecule has 5 nitrogen and oxygen atoms in total. The number of carbonyl (C=O) groups excluding carboxylic acids is 2. The van der Waals surface area contributed by atoms with Gasteiger partial charge in [0.1, 0.15) is 0 Å². The number of likely N-dealkylation sites (N-methyl/N-ethyl adjacent to an activating group) is 1. The highest BCUT2D eigenvalue weighted by Crippen LogP contribution is 2.30. The average molecular weight is 367 g/mol. The molecule has 2 atom stereocenters. The van der Waals surface area contributed by atoms with Gasteiger partial charge in [0.15, 0.2) is 0 Å². The zero-order chi connectivity index (χ0) is 18.8. The van der Waals surface area contributed by atoms with E-state index < -0.39 is 0 Å². The molecule has 27 heavy (non-hydrogen) atoms. The Kier molecular flexibility index (Phi) is 5.19. The lowest BCUT2D eigenvalue weighted by Gasteiger charge is -2.35. The van der Waals surface area contributed by atoms with Crippen molar-refractivity contribution in [1.82, 2.24) is 14.8 Å². The Morgan fingerprint density at radius 1 is 1.19 bits per heavy atom. The molecule has 4 rings (SSSR count). The first-order chi connectivity index (χ1) is 13.1. The Bertz CT molecular complexity index is 828. The van der Waals surface area contributed by atoms with Crippen LogP contribution >= 0.6 is 0 Å². The molecule has 2 amide bonds. The SMILES string of the molecule is CN1C(=O)CCCC[C@@H]2[C@@H]1CCN2C(=O)CCCc1c[nH]c2ccccc12. The molecule has 144 valence electrons. The van der Waals surface area contributed by atoms with E-state index in [0.29, 0.717) is 12.8 Å². The van der Waals surface area contributed by atoms with E-state index in [4.69, 9.17) is 0 Å². The van der Waals surface area contributed by atoms with E-state index in [0.717, 1.165) is 50.6 Å². The summed E-state index contributed by atoms with van der Waals surface area (Å²) in [5, 5.41) is 1.26. The van der Waals surface area contributed by atoms with Crippen molar-refractivity contribution in [3.63, 3.8) is 0 Å². The van der Waals surface area contributed by atoms with Crippen LogP contribution in [-0.4, -0.2) is 52.3 Å². The predicted octanol–water partition coefficient (Wildman–Crippen LogP) is 3.49. The molecule has 0 radical (unpaired) electrons. The maximum absolute atomic E-state index is 12.9. The largest absolute Gasteiger partial charge is 0.361 e. The molecule has 2 aliphatic rings. The fraction of sp³-hybridized carbons (Fsp3) is 0.545. The molecule has 1 aromatic heterocycles. The van der Waals surface area contributed by atoms with Gasteiger partial charge in [-0.25, -0.2) is 0 Å². The second-order valence-electron chi connectivity index (χ2n) is 7.97. The van der Waals surface area contributed by atoms with Crippen LogP contribution in [0.1, 0.15) is 50.5 Å². The minimum atomic E-state index is 0.204.